The van der Waals surface area contributed by atoms with Crippen LogP contribution in [0.4, 0.5) is 11.4 Å². The number of sulfonamides is 1. The van der Waals surface area contributed by atoms with E-state index in [1.165, 1.54) is 43.5 Å². The zero-order valence-electron chi connectivity index (χ0n) is 17.1. The van der Waals surface area contributed by atoms with Crippen molar-refractivity contribution in [3.05, 3.63) is 70.3 Å². The Bertz CT molecular complexity index is 1070. The summed E-state index contributed by atoms with van der Waals surface area (Å²) in [5.41, 5.74) is 0.209. The molecule has 11 heteroatoms. The van der Waals surface area contributed by atoms with Gasteiger partial charge in [-0.05, 0) is 24.6 Å². The number of carbonyl (C=O) groups excluding carboxylic acids is 1. The molecule has 0 aromatic heterocycles. The Morgan fingerprint density at radius 2 is 1.90 bits per heavy atom. The molecular weight excluding hydrogens is 426 g/mol. The number of nitrogens with one attached hydrogen (secondary N) is 2. The van der Waals surface area contributed by atoms with Crippen LogP contribution in [0.1, 0.15) is 22.8 Å². The second-order valence-corrected chi connectivity index (χ2v) is 8.06. The van der Waals surface area contributed by atoms with Gasteiger partial charge in [0.05, 0.1) is 30.5 Å². The van der Waals surface area contributed by atoms with Gasteiger partial charge in [0.1, 0.15) is 5.56 Å². The highest BCUT2D eigenvalue weighted by Gasteiger charge is 2.25. The highest BCUT2D eigenvalue weighted by atomic mass is 32.2. The standard InChI is InChI=1S/C20H23N3O7S/c1-4-10-21-31(27,28)13-14-6-8-15(9-7-14)22-20(24)16-11-19(30-5-2)18(29-3)12-17(16)23(25)26/h4,6-9,11-12,21H,1,5,10,13H2,2-3H3,(H,22,24). The summed E-state index contributed by atoms with van der Waals surface area (Å²) in [4.78, 5) is 23.4. The molecule has 0 bridgehead atoms. The number of rotatable bonds is 11. The van der Waals surface area contributed by atoms with Crippen LogP contribution in [0, 0.1) is 10.1 Å². The molecule has 1 amide bonds. The number of carbonyl (C=O) groups is 1. The smallest absolute Gasteiger partial charge is 0.286 e. The topological polar surface area (TPSA) is 137 Å². The predicted octanol–water partition coefficient (Wildman–Crippen LogP) is 2.86. The lowest BCUT2D eigenvalue weighted by molar-refractivity contribution is -0.385. The summed E-state index contributed by atoms with van der Waals surface area (Å²) in [5.74, 6) is -0.617. The third-order valence-electron chi connectivity index (χ3n) is 4.04. The first-order valence-corrected chi connectivity index (χ1v) is 10.8. The first kappa shape index (κ1) is 23.8. The minimum absolute atomic E-state index is 0.126. The molecule has 166 valence electrons. The van der Waals surface area contributed by atoms with Crippen molar-refractivity contribution < 1.29 is 27.6 Å². The highest BCUT2D eigenvalue weighted by molar-refractivity contribution is 7.88. The summed E-state index contributed by atoms with van der Waals surface area (Å²) in [6.07, 6.45) is 1.44. The van der Waals surface area contributed by atoms with Crippen LogP contribution in [0.25, 0.3) is 0 Å². The number of hydrogen-bond donors (Lipinski definition) is 2. The van der Waals surface area contributed by atoms with E-state index in [0.29, 0.717) is 11.3 Å². The van der Waals surface area contributed by atoms with Gasteiger partial charge in [-0.25, -0.2) is 13.1 Å². The second kappa shape index (κ2) is 10.5. The van der Waals surface area contributed by atoms with Gasteiger partial charge in [-0.15, -0.1) is 6.58 Å². The number of hydrogen-bond acceptors (Lipinski definition) is 7. The number of anilines is 1. The van der Waals surface area contributed by atoms with Gasteiger partial charge in [-0.2, -0.15) is 0 Å². The molecule has 2 N–H and O–H groups in total. The zero-order valence-corrected chi connectivity index (χ0v) is 17.9. The average molecular weight is 449 g/mol. The molecule has 0 heterocycles. The number of nitro benzene ring substituents is 1. The molecule has 0 radical (unpaired) electrons. The van der Waals surface area contributed by atoms with Gasteiger partial charge in [0, 0.05) is 18.3 Å². The molecule has 0 aliphatic carbocycles. The fourth-order valence-electron chi connectivity index (χ4n) is 2.65. The van der Waals surface area contributed by atoms with Crippen LogP contribution in [-0.4, -0.2) is 39.5 Å². The molecule has 0 spiro atoms. The van der Waals surface area contributed by atoms with E-state index in [1.807, 2.05) is 0 Å². The van der Waals surface area contributed by atoms with Crippen LogP contribution in [0.5, 0.6) is 11.5 Å². The quantitative estimate of drug-likeness (QED) is 0.306. The van der Waals surface area contributed by atoms with Crippen LogP contribution in [-0.2, 0) is 15.8 Å². The summed E-state index contributed by atoms with van der Waals surface area (Å²) in [6.45, 7) is 5.59. The zero-order chi connectivity index (χ0) is 23.0. The van der Waals surface area contributed by atoms with E-state index in [-0.39, 0.29) is 36.0 Å². The molecule has 0 unspecified atom stereocenters. The molecule has 0 saturated heterocycles. The van der Waals surface area contributed by atoms with E-state index in [0.717, 1.165) is 6.07 Å². The number of nitrogens with zero attached hydrogens (tertiary/aromatic N) is 1. The van der Waals surface area contributed by atoms with Gasteiger partial charge in [-0.3, -0.25) is 14.9 Å². The van der Waals surface area contributed by atoms with Crippen molar-refractivity contribution in [3.63, 3.8) is 0 Å². The number of methoxy groups -OCH3 is 1. The predicted molar refractivity (Wildman–Crippen MR) is 116 cm³/mol. The van der Waals surface area contributed by atoms with Gasteiger partial charge in [0.2, 0.25) is 10.0 Å². The Balaban J connectivity index is 2.24. The summed E-state index contributed by atoms with van der Waals surface area (Å²) >= 11 is 0. The first-order valence-electron chi connectivity index (χ1n) is 9.18. The van der Waals surface area contributed by atoms with Crippen LogP contribution in [0.3, 0.4) is 0 Å². The number of nitro groups is 1. The maximum atomic E-state index is 12.7. The van der Waals surface area contributed by atoms with E-state index in [9.17, 15) is 23.3 Å². The van der Waals surface area contributed by atoms with E-state index in [2.05, 4.69) is 16.6 Å². The molecule has 2 aromatic carbocycles. The molecular formula is C20H23N3O7S. The Labute approximate surface area is 180 Å². The van der Waals surface area contributed by atoms with Crippen molar-refractivity contribution in [3.8, 4) is 11.5 Å². The molecule has 0 aliphatic rings. The van der Waals surface area contributed by atoms with E-state index in [1.54, 1.807) is 6.92 Å². The number of amides is 1. The van der Waals surface area contributed by atoms with Gasteiger partial charge >= 0.3 is 0 Å². The van der Waals surface area contributed by atoms with Gasteiger partial charge in [-0.1, -0.05) is 18.2 Å². The maximum absolute atomic E-state index is 12.7. The highest BCUT2D eigenvalue weighted by Crippen LogP contribution is 2.35. The minimum atomic E-state index is -3.52. The third-order valence-corrected chi connectivity index (χ3v) is 5.36. The molecule has 0 fully saturated rings. The number of ether oxygens (including phenoxy) is 2. The van der Waals surface area contributed by atoms with Crippen molar-refractivity contribution in [1.82, 2.24) is 4.72 Å². The van der Waals surface area contributed by atoms with Crippen molar-refractivity contribution in [2.45, 2.75) is 12.7 Å². The first-order chi connectivity index (χ1) is 14.7. The van der Waals surface area contributed by atoms with Gasteiger partial charge in [0.15, 0.2) is 11.5 Å². The van der Waals surface area contributed by atoms with Crippen molar-refractivity contribution >= 4 is 27.3 Å². The lowest BCUT2D eigenvalue weighted by Gasteiger charge is -2.12. The van der Waals surface area contributed by atoms with Crippen molar-refractivity contribution in [2.75, 3.05) is 25.6 Å². The molecule has 31 heavy (non-hydrogen) atoms. The molecule has 0 aliphatic heterocycles. The average Bonchev–Trinajstić information content (AvgIpc) is 2.73. The Morgan fingerprint density at radius 1 is 1.23 bits per heavy atom. The fraction of sp³-hybridized carbons (Fsp3) is 0.250. The maximum Gasteiger partial charge on any atom is 0.286 e. The molecule has 2 aromatic rings. The molecule has 2 rings (SSSR count). The molecule has 0 saturated carbocycles. The van der Waals surface area contributed by atoms with Crippen LogP contribution >= 0.6 is 0 Å². The lowest BCUT2D eigenvalue weighted by Crippen LogP contribution is -2.25. The molecule has 10 nitrogen and oxygen atoms in total. The van der Waals surface area contributed by atoms with Gasteiger partial charge in [0.25, 0.3) is 11.6 Å². The summed E-state index contributed by atoms with van der Waals surface area (Å²) in [7, 11) is -2.17. The normalized spacial score (nSPS) is 10.9. The fourth-order valence-corrected chi connectivity index (χ4v) is 3.75. The summed E-state index contributed by atoms with van der Waals surface area (Å²) in [5, 5.41) is 14.0. The largest absolute Gasteiger partial charge is 0.493 e. The number of benzene rings is 2. The van der Waals surface area contributed by atoms with E-state index >= 15 is 0 Å². The van der Waals surface area contributed by atoms with Crippen molar-refractivity contribution in [2.24, 2.45) is 0 Å². The third kappa shape index (κ3) is 6.52. The van der Waals surface area contributed by atoms with E-state index < -0.39 is 26.5 Å². The SMILES string of the molecule is C=CCNS(=O)(=O)Cc1ccc(NC(=O)c2cc(OCC)c(OC)cc2[N+](=O)[O-])cc1. The van der Waals surface area contributed by atoms with Crippen LogP contribution < -0.4 is 19.5 Å². The van der Waals surface area contributed by atoms with Crippen molar-refractivity contribution in [1.29, 1.82) is 0 Å². The lowest BCUT2D eigenvalue weighted by atomic mass is 10.1. The Hall–Kier alpha value is -3.44. The summed E-state index contributed by atoms with van der Waals surface area (Å²) in [6, 6.07) is 8.48. The van der Waals surface area contributed by atoms with Crippen LogP contribution in [0.2, 0.25) is 0 Å². The van der Waals surface area contributed by atoms with Gasteiger partial charge < -0.3 is 14.8 Å². The van der Waals surface area contributed by atoms with Crippen LogP contribution in [0.15, 0.2) is 49.1 Å². The second-order valence-electron chi connectivity index (χ2n) is 6.26. The minimum Gasteiger partial charge on any atom is -0.493 e. The van der Waals surface area contributed by atoms with E-state index in [4.69, 9.17) is 9.47 Å². The Morgan fingerprint density at radius 3 is 2.45 bits per heavy atom. The summed E-state index contributed by atoms with van der Waals surface area (Å²) < 4.78 is 36.7. The molecule has 0 atom stereocenters. The Kier molecular flexibility index (Phi) is 8.11. The monoisotopic (exact) mass is 449 g/mol.